The molecule has 5 heteroatoms. The first-order chi connectivity index (χ1) is 6.55. The Bertz CT molecular complexity index is 301. The number of aliphatic hydroxyl groups excluding tert-OH is 1. The topological polar surface area (TPSA) is 66.4 Å². The molecule has 14 heavy (non-hydrogen) atoms. The van der Waals surface area contributed by atoms with E-state index in [0.29, 0.717) is 11.8 Å². The van der Waals surface area contributed by atoms with Crippen LogP contribution in [-0.4, -0.2) is 43.2 Å². The lowest BCUT2D eigenvalue weighted by molar-refractivity contribution is 0.179. The van der Waals surface area contributed by atoms with Crippen molar-refractivity contribution in [2.45, 2.75) is 43.9 Å². The Hall–Kier alpha value is -0.130. The summed E-state index contributed by atoms with van der Waals surface area (Å²) in [6.07, 6.45) is 3.13. The summed E-state index contributed by atoms with van der Waals surface area (Å²) < 4.78 is 22.4. The van der Waals surface area contributed by atoms with E-state index in [1.807, 2.05) is 0 Å². The molecule has 0 aromatic carbocycles. The number of hydrogen-bond acceptors (Lipinski definition) is 4. The van der Waals surface area contributed by atoms with E-state index in [-0.39, 0.29) is 17.9 Å². The molecule has 0 bridgehead atoms. The molecule has 1 aliphatic heterocycles. The first-order valence-electron chi connectivity index (χ1n) is 5.20. The third-order valence-electron chi connectivity index (χ3n) is 3.11. The fourth-order valence-electron chi connectivity index (χ4n) is 2.37. The van der Waals surface area contributed by atoms with Gasteiger partial charge in [-0.3, -0.25) is 0 Å². The van der Waals surface area contributed by atoms with E-state index in [4.69, 9.17) is 0 Å². The van der Waals surface area contributed by atoms with E-state index in [1.165, 1.54) is 0 Å². The highest BCUT2D eigenvalue weighted by Gasteiger charge is 2.31. The first-order valence-corrected chi connectivity index (χ1v) is 7.02. The molecule has 1 aliphatic carbocycles. The highest BCUT2D eigenvalue weighted by molar-refractivity contribution is 7.91. The van der Waals surface area contributed by atoms with Crippen molar-refractivity contribution in [2.24, 2.45) is 0 Å². The maximum Gasteiger partial charge on any atom is 0.151 e. The molecule has 0 amide bonds. The van der Waals surface area contributed by atoms with Gasteiger partial charge in [-0.15, -0.1) is 0 Å². The summed E-state index contributed by atoms with van der Waals surface area (Å²) in [5.74, 6) is 0.597. The van der Waals surface area contributed by atoms with Gasteiger partial charge in [0.25, 0.3) is 0 Å². The predicted octanol–water partition coefficient (Wildman–Crippen LogP) is -0.324. The molecule has 1 saturated carbocycles. The number of hydrogen-bond donors (Lipinski definition) is 2. The van der Waals surface area contributed by atoms with Crippen molar-refractivity contribution >= 4 is 9.84 Å². The zero-order valence-electron chi connectivity index (χ0n) is 8.15. The number of aliphatic hydroxyl groups is 1. The standard InChI is InChI=1S/C9H17NO3S/c11-9-2-1-7(5-9)10-8-3-4-14(12,13)6-8/h7-11H,1-6H2/t7-,8?,9+/m0/s1. The summed E-state index contributed by atoms with van der Waals surface area (Å²) in [5.41, 5.74) is 0. The largest absolute Gasteiger partial charge is 0.393 e. The molecule has 2 rings (SSSR count). The van der Waals surface area contributed by atoms with E-state index in [0.717, 1.165) is 25.7 Å². The monoisotopic (exact) mass is 219 g/mol. The van der Waals surface area contributed by atoms with Crippen LogP contribution in [0.15, 0.2) is 0 Å². The molecule has 2 N–H and O–H groups in total. The highest BCUT2D eigenvalue weighted by Crippen LogP contribution is 2.21. The van der Waals surface area contributed by atoms with Crippen LogP contribution in [0.3, 0.4) is 0 Å². The van der Waals surface area contributed by atoms with Crippen LogP contribution in [0.5, 0.6) is 0 Å². The number of nitrogens with one attached hydrogen (secondary N) is 1. The van der Waals surface area contributed by atoms with Crippen LogP contribution < -0.4 is 5.32 Å². The van der Waals surface area contributed by atoms with Crippen LogP contribution in [0, 0.1) is 0 Å². The van der Waals surface area contributed by atoms with Crippen molar-refractivity contribution in [1.82, 2.24) is 5.32 Å². The molecule has 1 heterocycles. The zero-order valence-corrected chi connectivity index (χ0v) is 8.96. The third-order valence-corrected chi connectivity index (χ3v) is 4.88. The van der Waals surface area contributed by atoms with Crippen LogP contribution in [-0.2, 0) is 9.84 Å². The second-order valence-corrected chi connectivity index (χ2v) is 6.66. The Morgan fingerprint density at radius 3 is 2.43 bits per heavy atom. The van der Waals surface area contributed by atoms with Gasteiger partial charge in [-0.1, -0.05) is 0 Å². The quantitative estimate of drug-likeness (QED) is 0.668. The van der Waals surface area contributed by atoms with Crippen LogP contribution >= 0.6 is 0 Å². The summed E-state index contributed by atoms with van der Waals surface area (Å²) in [5, 5.41) is 12.6. The molecule has 2 fully saturated rings. The van der Waals surface area contributed by atoms with Crippen molar-refractivity contribution in [3.05, 3.63) is 0 Å². The normalized spacial score (nSPS) is 41.6. The van der Waals surface area contributed by atoms with Gasteiger partial charge >= 0.3 is 0 Å². The van der Waals surface area contributed by atoms with Crippen molar-refractivity contribution in [1.29, 1.82) is 0 Å². The maximum absolute atomic E-state index is 11.2. The average Bonchev–Trinajstić information content (AvgIpc) is 2.59. The Morgan fingerprint density at radius 2 is 1.93 bits per heavy atom. The lowest BCUT2D eigenvalue weighted by Crippen LogP contribution is -2.37. The molecule has 0 radical (unpaired) electrons. The van der Waals surface area contributed by atoms with E-state index < -0.39 is 9.84 Å². The molecular weight excluding hydrogens is 202 g/mol. The smallest absolute Gasteiger partial charge is 0.151 e. The molecule has 1 unspecified atom stereocenters. The summed E-state index contributed by atoms with van der Waals surface area (Å²) in [7, 11) is -2.78. The van der Waals surface area contributed by atoms with Crippen LogP contribution in [0.25, 0.3) is 0 Å². The summed E-state index contributed by atoms with van der Waals surface area (Å²) >= 11 is 0. The lowest BCUT2D eigenvalue weighted by Gasteiger charge is -2.16. The Balaban J connectivity index is 1.82. The van der Waals surface area contributed by atoms with Gasteiger partial charge in [-0.05, 0) is 25.7 Å². The van der Waals surface area contributed by atoms with E-state index >= 15 is 0 Å². The van der Waals surface area contributed by atoms with Gasteiger partial charge in [0.05, 0.1) is 17.6 Å². The van der Waals surface area contributed by atoms with Gasteiger partial charge in [0.15, 0.2) is 9.84 Å². The molecule has 3 atom stereocenters. The number of sulfone groups is 1. The van der Waals surface area contributed by atoms with Gasteiger partial charge in [0, 0.05) is 12.1 Å². The first kappa shape index (κ1) is 10.4. The molecule has 0 aromatic heterocycles. The maximum atomic E-state index is 11.2. The van der Waals surface area contributed by atoms with Crippen LogP contribution in [0.2, 0.25) is 0 Å². The minimum absolute atomic E-state index is 0.121. The van der Waals surface area contributed by atoms with E-state index in [1.54, 1.807) is 0 Å². The predicted molar refractivity (Wildman–Crippen MR) is 53.8 cm³/mol. The summed E-state index contributed by atoms with van der Waals surface area (Å²) in [6, 6.07) is 0.443. The third kappa shape index (κ3) is 2.46. The van der Waals surface area contributed by atoms with E-state index in [9.17, 15) is 13.5 Å². The molecule has 2 aliphatic rings. The number of rotatable bonds is 2. The second-order valence-electron chi connectivity index (χ2n) is 4.43. The van der Waals surface area contributed by atoms with Gasteiger partial charge in [0.2, 0.25) is 0 Å². The minimum Gasteiger partial charge on any atom is -0.393 e. The van der Waals surface area contributed by atoms with Crippen molar-refractivity contribution < 1.29 is 13.5 Å². The SMILES string of the molecule is O=S1(=O)CCC(N[C@H]2CC[C@@H](O)C2)C1. The van der Waals surface area contributed by atoms with Crippen LogP contribution in [0.1, 0.15) is 25.7 Å². The Labute approximate surface area is 84.6 Å². The van der Waals surface area contributed by atoms with Crippen LogP contribution in [0.4, 0.5) is 0 Å². The minimum atomic E-state index is -2.78. The fourth-order valence-corrected chi connectivity index (χ4v) is 4.06. The van der Waals surface area contributed by atoms with Crippen molar-refractivity contribution in [3.8, 4) is 0 Å². The Kier molecular flexibility index (Phi) is 2.81. The van der Waals surface area contributed by atoms with Gasteiger partial charge in [0.1, 0.15) is 0 Å². The van der Waals surface area contributed by atoms with Gasteiger partial charge < -0.3 is 10.4 Å². The molecule has 1 saturated heterocycles. The molecule has 82 valence electrons. The van der Waals surface area contributed by atoms with E-state index in [2.05, 4.69) is 5.32 Å². The molecule has 0 spiro atoms. The fraction of sp³-hybridized carbons (Fsp3) is 1.00. The van der Waals surface area contributed by atoms with Gasteiger partial charge in [-0.2, -0.15) is 0 Å². The summed E-state index contributed by atoms with van der Waals surface area (Å²) in [6.45, 7) is 0. The van der Waals surface area contributed by atoms with Crippen molar-refractivity contribution in [3.63, 3.8) is 0 Å². The Morgan fingerprint density at radius 1 is 1.14 bits per heavy atom. The molecule has 0 aromatic rings. The van der Waals surface area contributed by atoms with Gasteiger partial charge in [-0.25, -0.2) is 8.42 Å². The van der Waals surface area contributed by atoms with Crippen molar-refractivity contribution in [2.75, 3.05) is 11.5 Å². The second kappa shape index (κ2) is 3.79. The zero-order chi connectivity index (χ0) is 10.2. The lowest BCUT2D eigenvalue weighted by atomic mass is 10.2. The molecular formula is C9H17NO3S. The summed E-state index contributed by atoms with van der Waals surface area (Å²) in [4.78, 5) is 0. The average molecular weight is 219 g/mol. The molecule has 4 nitrogen and oxygen atoms in total. The highest BCUT2D eigenvalue weighted by atomic mass is 32.2.